The second-order valence-electron chi connectivity index (χ2n) is 14.0. The fraction of sp³-hybridized carbons (Fsp3) is 0.410. The number of aromatic hydroxyl groups is 1. The largest absolute Gasteiger partial charge is 0.507 e. The number of hydrogen-bond donors (Lipinski definition) is 4. The highest BCUT2D eigenvalue weighted by molar-refractivity contribution is 6.25. The fourth-order valence-electron chi connectivity index (χ4n) is 7.38. The molecule has 2 fully saturated rings. The zero-order valence-corrected chi connectivity index (χ0v) is 29.0. The van der Waals surface area contributed by atoms with Crippen LogP contribution in [-0.2, 0) is 14.4 Å². The molecule has 0 spiro atoms. The third-order valence-electron chi connectivity index (χ3n) is 10.4. The summed E-state index contributed by atoms with van der Waals surface area (Å²) in [6.07, 6.45) is 9.12. The monoisotopic (exact) mass is 705 g/mol. The number of phenolic OH excluding ortho intramolecular Hbond substituents is 1. The van der Waals surface area contributed by atoms with Gasteiger partial charge in [0.15, 0.2) is 5.65 Å². The van der Waals surface area contributed by atoms with Gasteiger partial charge in [-0.3, -0.25) is 34.2 Å². The van der Waals surface area contributed by atoms with Gasteiger partial charge in [0.1, 0.15) is 11.8 Å². The first-order valence-corrected chi connectivity index (χ1v) is 18.3. The van der Waals surface area contributed by atoms with Gasteiger partial charge < -0.3 is 20.3 Å². The molecule has 5 amide bonds. The summed E-state index contributed by atoms with van der Waals surface area (Å²) in [4.78, 5) is 69.2. The third kappa shape index (κ3) is 7.25. The van der Waals surface area contributed by atoms with Gasteiger partial charge >= 0.3 is 0 Å². The third-order valence-corrected chi connectivity index (χ3v) is 10.4. The molecule has 0 radical (unpaired) electrons. The van der Waals surface area contributed by atoms with Crippen molar-refractivity contribution in [3.63, 3.8) is 0 Å². The number of unbranched alkanes of at least 4 members (excludes halogenated alkanes) is 7. The Morgan fingerprint density at radius 3 is 2.35 bits per heavy atom. The summed E-state index contributed by atoms with van der Waals surface area (Å²) in [5.41, 5.74) is 4.15. The molecule has 4 aromatic rings. The minimum atomic E-state index is -0.978. The maximum Gasteiger partial charge on any atom is 0.264 e. The molecule has 13 heteroatoms. The van der Waals surface area contributed by atoms with E-state index >= 15 is 0 Å². The molecule has 270 valence electrons. The number of carbonyl (C=O) groups is 5. The molecule has 3 aliphatic heterocycles. The van der Waals surface area contributed by atoms with E-state index < -0.39 is 29.7 Å². The van der Waals surface area contributed by atoms with Gasteiger partial charge in [0.25, 0.3) is 11.8 Å². The van der Waals surface area contributed by atoms with E-state index in [1.165, 1.54) is 0 Å². The van der Waals surface area contributed by atoms with E-state index in [9.17, 15) is 29.1 Å². The summed E-state index contributed by atoms with van der Waals surface area (Å²) >= 11 is 0. The van der Waals surface area contributed by atoms with Crippen LogP contribution in [-0.4, -0.2) is 85.3 Å². The van der Waals surface area contributed by atoms with Crippen LogP contribution in [0.1, 0.15) is 103 Å². The molecule has 2 saturated heterocycles. The molecule has 5 heterocycles. The van der Waals surface area contributed by atoms with Gasteiger partial charge in [-0.05, 0) is 55.7 Å². The van der Waals surface area contributed by atoms with Crippen molar-refractivity contribution in [1.29, 1.82) is 0 Å². The van der Waals surface area contributed by atoms with Crippen molar-refractivity contribution >= 4 is 46.3 Å². The molecule has 1 atom stereocenters. The number of benzene rings is 2. The fourth-order valence-corrected chi connectivity index (χ4v) is 7.38. The maximum absolute atomic E-state index is 13.2. The van der Waals surface area contributed by atoms with Crippen LogP contribution in [0, 0.1) is 0 Å². The van der Waals surface area contributed by atoms with E-state index in [1.54, 1.807) is 30.3 Å². The van der Waals surface area contributed by atoms with Crippen LogP contribution in [0.5, 0.6) is 5.75 Å². The Labute approximate surface area is 301 Å². The first-order chi connectivity index (χ1) is 25.3. The number of aromatic amines is 1. The second kappa shape index (κ2) is 15.3. The predicted octanol–water partition coefficient (Wildman–Crippen LogP) is 5.28. The van der Waals surface area contributed by atoms with Crippen LogP contribution < -0.4 is 10.6 Å². The van der Waals surface area contributed by atoms with E-state index in [0.29, 0.717) is 48.6 Å². The van der Waals surface area contributed by atoms with Crippen molar-refractivity contribution in [3.05, 3.63) is 71.4 Å². The van der Waals surface area contributed by atoms with Gasteiger partial charge in [0.2, 0.25) is 17.7 Å². The van der Waals surface area contributed by atoms with Crippen molar-refractivity contribution in [2.75, 3.05) is 25.0 Å². The summed E-state index contributed by atoms with van der Waals surface area (Å²) in [5, 5.41) is 25.2. The molecular formula is C39H43N7O6. The smallest absolute Gasteiger partial charge is 0.264 e. The Hall–Kier alpha value is -5.59. The number of hydrogen-bond acceptors (Lipinski definition) is 9. The minimum Gasteiger partial charge on any atom is -0.507 e. The Balaban J connectivity index is 0.750. The molecule has 0 aliphatic carbocycles. The van der Waals surface area contributed by atoms with Gasteiger partial charge in [-0.2, -0.15) is 0 Å². The van der Waals surface area contributed by atoms with Crippen molar-refractivity contribution in [2.24, 2.45) is 0 Å². The molecule has 52 heavy (non-hydrogen) atoms. The zero-order chi connectivity index (χ0) is 36.2. The number of imide groups is 2. The number of amides is 5. The van der Waals surface area contributed by atoms with Gasteiger partial charge in [-0.1, -0.05) is 56.7 Å². The van der Waals surface area contributed by atoms with Crippen LogP contribution in [0.2, 0.25) is 0 Å². The number of aromatic nitrogens is 3. The quantitative estimate of drug-likeness (QED) is 0.0947. The lowest BCUT2D eigenvalue weighted by Gasteiger charge is -2.39. The number of para-hydroxylation sites is 1. The van der Waals surface area contributed by atoms with E-state index in [0.717, 1.165) is 67.3 Å². The Kier molecular flexibility index (Phi) is 10.3. The number of nitrogens with zero attached hydrogens (tertiary/aromatic N) is 4. The summed E-state index contributed by atoms with van der Waals surface area (Å²) in [5.74, 6) is -1.40. The van der Waals surface area contributed by atoms with E-state index in [-0.39, 0.29) is 41.5 Å². The summed E-state index contributed by atoms with van der Waals surface area (Å²) in [6.45, 7) is 2.05. The van der Waals surface area contributed by atoms with Crippen LogP contribution >= 0.6 is 0 Å². The molecule has 0 saturated carbocycles. The molecule has 2 aromatic carbocycles. The van der Waals surface area contributed by atoms with E-state index in [4.69, 9.17) is 0 Å². The summed E-state index contributed by atoms with van der Waals surface area (Å²) < 4.78 is 0. The molecule has 2 aromatic heterocycles. The highest BCUT2D eigenvalue weighted by Crippen LogP contribution is 2.34. The molecule has 13 nitrogen and oxygen atoms in total. The summed E-state index contributed by atoms with van der Waals surface area (Å²) in [6, 6.07) is 15.2. The van der Waals surface area contributed by atoms with E-state index in [2.05, 4.69) is 31.9 Å². The molecular weight excluding hydrogens is 662 g/mol. The number of phenols is 1. The summed E-state index contributed by atoms with van der Waals surface area (Å²) in [7, 11) is 0. The van der Waals surface area contributed by atoms with E-state index in [1.807, 2.05) is 23.1 Å². The average molecular weight is 706 g/mol. The first kappa shape index (κ1) is 34.8. The highest BCUT2D eigenvalue weighted by Gasteiger charge is 2.45. The highest BCUT2D eigenvalue weighted by atomic mass is 16.3. The average Bonchev–Trinajstić information content (AvgIpc) is 3.64. The minimum absolute atomic E-state index is 0.0885. The number of anilines is 1. The number of likely N-dealkylation sites (tertiary alicyclic amines) is 1. The van der Waals surface area contributed by atoms with Crippen molar-refractivity contribution < 1.29 is 29.1 Å². The Morgan fingerprint density at radius 2 is 1.58 bits per heavy atom. The van der Waals surface area contributed by atoms with Gasteiger partial charge in [-0.25, -0.2) is 0 Å². The topological polar surface area (TPSA) is 178 Å². The van der Waals surface area contributed by atoms with Gasteiger partial charge in [0.05, 0.1) is 16.8 Å². The predicted molar refractivity (Wildman–Crippen MR) is 193 cm³/mol. The standard InChI is InChI=1S/C39H43N7O6/c47-32-15-9-8-12-26(32)30-21-24-20-29(41-36(24)44-43-30)25-22-45(23-25)34(49)16-7-5-3-1-2-4-6-10-19-40-28-14-11-13-27-35(28)39(52)46(38(27)51)31-17-18-33(48)42-37(31)50/h8-9,11-15,20-21,25,31,40,47H,1-7,10,16-19,22-23H2,(H,41,44)(H,42,48,50). The lowest BCUT2D eigenvalue weighted by atomic mass is 9.95. The van der Waals surface area contributed by atoms with Crippen LogP contribution in [0.3, 0.4) is 0 Å². The number of nitrogens with one attached hydrogen (secondary N) is 3. The van der Waals surface area contributed by atoms with Crippen molar-refractivity contribution in [1.82, 2.24) is 30.3 Å². The zero-order valence-electron chi connectivity index (χ0n) is 29.0. The molecule has 1 unspecified atom stereocenters. The molecule has 0 bridgehead atoms. The number of carbonyl (C=O) groups excluding carboxylic acids is 5. The Morgan fingerprint density at radius 1 is 0.846 bits per heavy atom. The lowest BCUT2D eigenvalue weighted by Crippen LogP contribution is -2.54. The molecule has 4 N–H and O–H groups in total. The molecule has 3 aliphatic rings. The normalized spacial score (nSPS) is 17.4. The number of rotatable bonds is 15. The van der Waals surface area contributed by atoms with Crippen LogP contribution in [0.25, 0.3) is 22.3 Å². The lowest BCUT2D eigenvalue weighted by molar-refractivity contribution is -0.137. The Bertz CT molecular complexity index is 2020. The first-order valence-electron chi connectivity index (χ1n) is 18.3. The van der Waals surface area contributed by atoms with Gasteiger partial charge in [-0.15, -0.1) is 10.2 Å². The molecule has 7 rings (SSSR count). The SMILES string of the molecule is O=C1CCC(N2C(=O)c3cccc(NCCCCCCCCCCC(=O)N4CC(c5cc6cc(-c7ccccc7O)nnc6[nH]5)C4)c3C2=O)C(=O)N1. The van der Waals surface area contributed by atoms with Crippen molar-refractivity contribution in [2.45, 2.75) is 82.6 Å². The number of fused-ring (bicyclic) bond motifs is 2. The number of H-pyrrole nitrogens is 1. The second-order valence-corrected chi connectivity index (χ2v) is 14.0. The number of piperidine rings is 1. The van der Waals surface area contributed by atoms with Crippen LogP contribution in [0.4, 0.5) is 5.69 Å². The van der Waals surface area contributed by atoms with Gasteiger partial charge in [0, 0.05) is 60.7 Å². The van der Waals surface area contributed by atoms with Crippen LogP contribution in [0.15, 0.2) is 54.6 Å². The maximum atomic E-state index is 13.2. The van der Waals surface area contributed by atoms with Crippen molar-refractivity contribution in [3.8, 4) is 17.0 Å².